The molecule has 0 heterocycles. The topological polar surface area (TPSA) is 90.9 Å². The van der Waals surface area contributed by atoms with Crippen molar-refractivity contribution in [1.82, 2.24) is 0 Å². The predicted molar refractivity (Wildman–Crippen MR) is 149 cm³/mol. The lowest BCUT2D eigenvalue weighted by molar-refractivity contribution is 0.215. The Bertz CT molecular complexity index is 1240. The van der Waals surface area contributed by atoms with E-state index in [1.165, 1.54) is 0 Å². The summed E-state index contributed by atoms with van der Waals surface area (Å²) in [5.41, 5.74) is 1.38. The van der Waals surface area contributed by atoms with E-state index < -0.39 is 18.7 Å². The molecule has 198 valence electrons. The first-order valence-corrected chi connectivity index (χ1v) is 14.7. The second-order valence-electron chi connectivity index (χ2n) is 9.68. The van der Waals surface area contributed by atoms with Crippen molar-refractivity contribution in [3.63, 3.8) is 0 Å². The maximum Gasteiger partial charge on any atom is 0.417 e. The van der Waals surface area contributed by atoms with E-state index in [4.69, 9.17) is 21.1 Å². The maximum absolute atomic E-state index is 12.4. The average Bonchev–Trinajstić information content (AvgIpc) is 2.78. The number of amides is 1. The van der Waals surface area contributed by atoms with Gasteiger partial charge < -0.3 is 18.8 Å². The summed E-state index contributed by atoms with van der Waals surface area (Å²) in [4.78, 5) is 22.5. The molecule has 0 bridgehead atoms. The molecule has 0 aliphatic carbocycles. The fourth-order valence-electron chi connectivity index (χ4n) is 3.30. The van der Waals surface area contributed by atoms with E-state index in [1.807, 2.05) is 24.3 Å². The first-order chi connectivity index (χ1) is 17.3. The second-order valence-corrected chi connectivity index (χ2v) is 13.5. The zero-order valence-electron chi connectivity index (χ0n) is 21.9. The van der Waals surface area contributed by atoms with Gasteiger partial charge in [-0.2, -0.15) is 0 Å². The van der Waals surface area contributed by atoms with Gasteiger partial charge in [-0.3, -0.25) is 5.32 Å². The van der Waals surface area contributed by atoms with Crippen molar-refractivity contribution in [3.8, 4) is 17.2 Å². The average molecular weight is 546 g/mol. The van der Waals surface area contributed by atoms with Crippen molar-refractivity contribution in [1.29, 1.82) is 0 Å². The Morgan fingerprint density at radius 2 is 1.41 bits per heavy atom. The van der Waals surface area contributed by atoms with E-state index in [9.17, 15) is 14.2 Å². The molecule has 1 amide bonds. The van der Waals surface area contributed by atoms with Crippen molar-refractivity contribution < 1.29 is 28.4 Å². The molecule has 0 saturated heterocycles. The number of halogens is 1. The van der Waals surface area contributed by atoms with Crippen LogP contribution in [0.3, 0.4) is 0 Å². The minimum absolute atomic E-state index is 0.147. The fraction of sp³-hybridized carbons (Fsp3) is 0.286. The van der Waals surface area contributed by atoms with E-state index in [0.717, 1.165) is 11.1 Å². The summed E-state index contributed by atoms with van der Waals surface area (Å²) in [5, 5.41) is 2.77. The van der Waals surface area contributed by atoms with Crippen LogP contribution in [0, 0.1) is 0 Å². The summed E-state index contributed by atoms with van der Waals surface area (Å²) in [5.74, 6) is 1.42. The number of nitrogens with one attached hydrogen (secondary N) is 1. The lowest BCUT2D eigenvalue weighted by Gasteiger charge is -2.24. The number of hydrogen-bond donors (Lipinski definition) is 1. The smallest absolute Gasteiger partial charge is 0.417 e. The molecule has 3 aromatic carbocycles. The van der Waals surface area contributed by atoms with Crippen LogP contribution in [0.1, 0.15) is 31.9 Å². The largest absolute Gasteiger partial charge is 0.494 e. The summed E-state index contributed by atoms with van der Waals surface area (Å²) < 4.78 is 27.8. The third kappa shape index (κ3) is 10.7. The van der Waals surface area contributed by atoms with Crippen LogP contribution in [-0.4, -0.2) is 32.0 Å². The first-order valence-electron chi connectivity index (χ1n) is 11.5. The van der Waals surface area contributed by atoms with Gasteiger partial charge in [0.2, 0.25) is 0 Å². The Morgan fingerprint density at radius 1 is 0.892 bits per heavy atom. The SMILES string of the molecule is COc1c(CP(C)(C)=O)cc(C(C)(C)C)cc1NC(=O)Oc1ccccc1.O=C(Cl)Oc1ccccc1. The summed E-state index contributed by atoms with van der Waals surface area (Å²) in [6, 6.07) is 21.4. The van der Waals surface area contributed by atoms with Gasteiger partial charge in [-0.05, 0) is 54.6 Å². The van der Waals surface area contributed by atoms with Crippen LogP contribution in [0.25, 0.3) is 0 Å². The van der Waals surface area contributed by atoms with Crippen LogP contribution in [0.4, 0.5) is 15.3 Å². The molecule has 0 aliphatic heterocycles. The van der Waals surface area contributed by atoms with Crippen molar-refractivity contribution in [2.75, 3.05) is 25.8 Å². The Kier molecular flexibility index (Phi) is 10.8. The van der Waals surface area contributed by atoms with Gasteiger partial charge in [0.15, 0.2) is 0 Å². The van der Waals surface area contributed by atoms with Crippen molar-refractivity contribution >= 4 is 36.0 Å². The number of carbonyl (C=O) groups excluding carboxylic acids is 2. The van der Waals surface area contributed by atoms with Crippen LogP contribution in [0.15, 0.2) is 72.8 Å². The standard InChI is InChI=1S/C21H28NO4P.C7H5ClO2/c1-21(2,3)16-12-15(14-27(5,6)24)19(25-4)18(13-16)22-20(23)26-17-10-8-7-9-11-17;8-7(9)10-6-4-2-1-3-5-6/h7-13H,14H2,1-6H3,(H,22,23);1-5H. The van der Waals surface area contributed by atoms with E-state index >= 15 is 0 Å². The van der Waals surface area contributed by atoms with E-state index in [0.29, 0.717) is 29.1 Å². The zero-order chi connectivity index (χ0) is 27.6. The molecule has 0 radical (unpaired) electrons. The van der Waals surface area contributed by atoms with E-state index in [1.54, 1.807) is 69.0 Å². The highest BCUT2D eigenvalue weighted by molar-refractivity contribution is 7.61. The summed E-state index contributed by atoms with van der Waals surface area (Å²) in [7, 11) is -0.791. The zero-order valence-corrected chi connectivity index (χ0v) is 23.6. The predicted octanol–water partition coefficient (Wildman–Crippen LogP) is 8.15. The molecule has 3 aromatic rings. The number of carbonyl (C=O) groups is 2. The highest BCUT2D eigenvalue weighted by Gasteiger charge is 2.23. The van der Waals surface area contributed by atoms with Crippen molar-refractivity contribution in [2.24, 2.45) is 0 Å². The Balaban J connectivity index is 0.000000402. The number of benzene rings is 3. The molecule has 0 fully saturated rings. The number of methoxy groups -OCH3 is 1. The molecular formula is C28H33ClNO6P. The van der Waals surface area contributed by atoms with Gasteiger partial charge in [0.25, 0.3) is 0 Å². The van der Waals surface area contributed by atoms with Gasteiger partial charge in [-0.1, -0.05) is 63.2 Å². The number of ether oxygens (including phenoxy) is 3. The molecule has 1 N–H and O–H groups in total. The molecular weight excluding hydrogens is 513 g/mol. The third-order valence-corrected chi connectivity index (χ3v) is 6.10. The molecule has 37 heavy (non-hydrogen) atoms. The Hall–Kier alpha value is -3.28. The third-order valence-electron chi connectivity index (χ3n) is 4.92. The highest BCUT2D eigenvalue weighted by atomic mass is 35.5. The van der Waals surface area contributed by atoms with Gasteiger partial charge >= 0.3 is 11.5 Å². The van der Waals surface area contributed by atoms with Crippen LogP contribution < -0.4 is 19.5 Å². The van der Waals surface area contributed by atoms with Gasteiger partial charge in [-0.15, -0.1) is 0 Å². The monoisotopic (exact) mass is 545 g/mol. The number of para-hydroxylation sites is 2. The summed E-state index contributed by atoms with van der Waals surface area (Å²) >= 11 is 4.95. The Morgan fingerprint density at radius 3 is 1.84 bits per heavy atom. The van der Waals surface area contributed by atoms with Gasteiger partial charge in [0.05, 0.1) is 19.9 Å². The lowest BCUT2D eigenvalue weighted by atomic mass is 9.85. The summed E-state index contributed by atoms with van der Waals surface area (Å²) in [6.07, 6.45) is -0.213. The van der Waals surface area contributed by atoms with Crippen LogP contribution in [0.2, 0.25) is 0 Å². The minimum atomic E-state index is -2.33. The lowest BCUT2D eigenvalue weighted by Crippen LogP contribution is -2.19. The maximum atomic E-state index is 12.4. The van der Waals surface area contributed by atoms with Gasteiger partial charge in [0.1, 0.15) is 17.2 Å². The minimum Gasteiger partial charge on any atom is -0.494 e. The molecule has 0 atom stereocenters. The van der Waals surface area contributed by atoms with Gasteiger partial charge in [-0.25, -0.2) is 9.59 Å². The van der Waals surface area contributed by atoms with E-state index in [-0.39, 0.29) is 5.41 Å². The summed E-state index contributed by atoms with van der Waals surface area (Å²) in [6.45, 7) is 9.74. The molecule has 3 rings (SSSR count). The first kappa shape index (κ1) is 29.9. The molecule has 0 spiro atoms. The second kappa shape index (κ2) is 13.3. The van der Waals surface area contributed by atoms with Crippen LogP contribution >= 0.6 is 18.7 Å². The highest BCUT2D eigenvalue weighted by Crippen LogP contribution is 2.46. The van der Waals surface area contributed by atoms with Gasteiger partial charge in [0, 0.05) is 23.3 Å². The van der Waals surface area contributed by atoms with Crippen LogP contribution in [-0.2, 0) is 16.1 Å². The molecule has 9 heteroatoms. The van der Waals surface area contributed by atoms with Crippen molar-refractivity contribution in [3.05, 3.63) is 83.9 Å². The van der Waals surface area contributed by atoms with Crippen LogP contribution in [0.5, 0.6) is 17.2 Å². The molecule has 7 nitrogen and oxygen atoms in total. The Labute approximate surface area is 223 Å². The van der Waals surface area contributed by atoms with E-state index in [2.05, 4.69) is 30.8 Å². The number of hydrogen-bond acceptors (Lipinski definition) is 6. The molecule has 0 saturated carbocycles. The number of anilines is 1. The molecule has 0 aliphatic rings. The fourth-order valence-corrected chi connectivity index (χ4v) is 4.44. The molecule has 0 unspecified atom stereocenters. The normalized spacial score (nSPS) is 11.0. The quantitative estimate of drug-likeness (QED) is 0.248. The molecule has 0 aromatic heterocycles. The number of rotatable bonds is 6. The van der Waals surface area contributed by atoms with Crippen molar-refractivity contribution in [2.45, 2.75) is 32.3 Å².